The second-order valence-corrected chi connectivity index (χ2v) is 5.52. The second kappa shape index (κ2) is 6.18. The van der Waals surface area contributed by atoms with Gasteiger partial charge in [0.1, 0.15) is 5.75 Å². The molecule has 0 bridgehead atoms. The van der Waals surface area contributed by atoms with Gasteiger partial charge in [0, 0.05) is 19.0 Å². The summed E-state index contributed by atoms with van der Waals surface area (Å²) in [5.74, 6) is 0.925. The molecule has 4 nitrogen and oxygen atoms in total. The highest BCUT2D eigenvalue weighted by Gasteiger charge is 2.29. The van der Waals surface area contributed by atoms with E-state index in [1.807, 2.05) is 47.4 Å². The molecule has 1 fully saturated rings. The monoisotopic (exact) mass is 296 g/mol. The summed E-state index contributed by atoms with van der Waals surface area (Å²) in [6.07, 6.45) is 2.01. The predicted octanol–water partition coefficient (Wildman–Crippen LogP) is 3.44. The maximum Gasteiger partial charge on any atom is 0.220 e. The van der Waals surface area contributed by atoms with Crippen molar-refractivity contribution >= 4 is 5.91 Å². The molecule has 1 unspecified atom stereocenters. The number of benzene rings is 1. The highest BCUT2D eigenvalue weighted by Crippen LogP contribution is 2.33. The Hall–Kier alpha value is -2.36. The van der Waals surface area contributed by atoms with Crippen LogP contribution in [0.5, 0.6) is 5.75 Å². The molecule has 4 heteroatoms. The maximum absolute atomic E-state index is 11.8. The van der Waals surface area contributed by atoms with Crippen molar-refractivity contribution in [2.45, 2.75) is 25.8 Å². The molecule has 114 valence electrons. The molecular formula is C18H20N2O2. The molecule has 0 spiro atoms. The quantitative estimate of drug-likeness (QED) is 0.871. The fraction of sp³-hybridized carbons (Fsp3) is 0.333. The van der Waals surface area contributed by atoms with Crippen molar-refractivity contribution in [3.8, 4) is 17.0 Å². The molecule has 1 aliphatic heterocycles. The summed E-state index contributed by atoms with van der Waals surface area (Å²) in [7, 11) is 1.66. The first-order valence-corrected chi connectivity index (χ1v) is 7.58. The van der Waals surface area contributed by atoms with Gasteiger partial charge in [0.05, 0.1) is 24.5 Å². The largest absolute Gasteiger partial charge is 0.496 e. The van der Waals surface area contributed by atoms with Crippen molar-refractivity contribution < 1.29 is 9.53 Å². The van der Waals surface area contributed by atoms with E-state index in [1.54, 1.807) is 14.0 Å². The lowest BCUT2D eigenvalue weighted by Gasteiger charge is -2.23. The first kappa shape index (κ1) is 14.6. The van der Waals surface area contributed by atoms with Crippen LogP contribution in [0.25, 0.3) is 11.3 Å². The van der Waals surface area contributed by atoms with Crippen LogP contribution < -0.4 is 4.74 Å². The zero-order chi connectivity index (χ0) is 15.5. The molecule has 0 radical (unpaired) electrons. The van der Waals surface area contributed by atoms with Crippen molar-refractivity contribution in [1.82, 2.24) is 9.88 Å². The van der Waals surface area contributed by atoms with Gasteiger partial charge in [0.25, 0.3) is 0 Å². The predicted molar refractivity (Wildman–Crippen MR) is 85.6 cm³/mol. The molecule has 2 heterocycles. The van der Waals surface area contributed by atoms with Crippen molar-refractivity contribution in [3.63, 3.8) is 0 Å². The normalized spacial score (nSPS) is 17.5. The number of ether oxygens (including phenoxy) is 1. The number of rotatable bonds is 3. The summed E-state index contributed by atoms with van der Waals surface area (Å²) in [6, 6.07) is 13.9. The summed E-state index contributed by atoms with van der Waals surface area (Å²) in [6.45, 7) is 2.45. The van der Waals surface area contributed by atoms with E-state index < -0.39 is 0 Å². The average molecular weight is 296 g/mol. The van der Waals surface area contributed by atoms with Gasteiger partial charge >= 0.3 is 0 Å². The molecule has 1 aromatic carbocycles. The van der Waals surface area contributed by atoms with Crippen LogP contribution in [-0.2, 0) is 4.79 Å². The zero-order valence-corrected chi connectivity index (χ0v) is 13.0. The van der Waals surface area contributed by atoms with E-state index in [0.717, 1.165) is 42.1 Å². The average Bonchev–Trinajstić information content (AvgIpc) is 3.05. The molecule has 2 aromatic rings. The number of nitrogens with zero attached hydrogens (tertiary/aromatic N) is 2. The number of para-hydroxylation sites is 1. The maximum atomic E-state index is 11.8. The number of carbonyl (C=O) groups excluding carboxylic acids is 1. The number of pyridine rings is 1. The topological polar surface area (TPSA) is 42.4 Å². The molecule has 3 rings (SSSR count). The first-order chi connectivity index (χ1) is 10.7. The Labute approximate surface area is 130 Å². The Balaban J connectivity index is 1.98. The van der Waals surface area contributed by atoms with Crippen molar-refractivity contribution in [2.75, 3.05) is 13.7 Å². The summed E-state index contributed by atoms with van der Waals surface area (Å²) in [5.41, 5.74) is 2.81. The van der Waals surface area contributed by atoms with Crippen LogP contribution in [0.2, 0.25) is 0 Å². The molecule has 1 saturated heterocycles. The smallest absolute Gasteiger partial charge is 0.220 e. The minimum absolute atomic E-state index is 0.0900. The van der Waals surface area contributed by atoms with Gasteiger partial charge in [-0.25, -0.2) is 0 Å². The highest BCUT2D eigenvalue weighted by atomic mass is 16.5. The van der Waals surface area contributed by atoms with Gasteiger partial charge in [-0.05, 0) is 37.1 Å². The van der Waals surface area contributed by atoms with Crippen molar-refractivity contribution in [2.24, 2.45) is 0 Å². The van der Waals surface area contributed by atoms with Crippen LogP contribution in [0.15, 0.2) is 42.5 Å². The fourth-order valence-corrected chi connectivity index (χ4v) is 3.09. The molecular weight excluding hydrogens is 276 g/mol. The summed E-state index contributed by atoms with van der Waals surface area (Å²) in [4.78, 5) is 18.5. The van der Waals surface area contributed by atoms with Crippen molar-refractivity contribution in [3.05, 3.63) is 48.2 Å². The molecule has 0 saturated carbocycles. The molecule has 22 heavy (non-hydrogen) atoms. The number of hydrogen-bond acceptors (Lipinski definition) is 3. The van der Waals surface area contributed by atoms with E-state index >= 15 is 0 Å². The van der Waals surface area contributed by atoms with E-state index in [1.165, 1.54) is 0 Å². The third kappa shape index (κ3) is 2.69. The van der Waals surface area contributed by atoms with Crippen LogP contribution in [0.4, 0.5) is 0 Å². The lowest BCUT2D eigenvalue weighted by molar-refractivity contribution is -0.129. The third-order valence-corrected chi connectivity index (χ3v) is 4.15. The van der Waals surface area contributed by atoms with Gasteiger partial charge in [0.2, 0.25) is 5.91 Å². The van der Waals surface area contributed by atoms with E-state index in [0.29, 0.717) is 0 Å². The van der Waals surface area contributed by atoms with Crippen LogP contribution in [0.1, 0.15) is 31.5 Å². The van der Waals surface area contributed by atoms with Gasteiger partial charge in [-0.2, -0.15) is 0 Å². The van der Waals surface area contributed by atoms with Crippen LogP contribution in [0, 0.1) is 0 Å². The Morgan fingerprint density at radius 3 is 2.82 bits per heavy atom. The summed E-state index contributed by atoms with van der Waals surface area (Å²) >= 11 is 0. The van der Waals surface area contributed by atoms with Crippen LogP contribution >= 0.6 is 0 Å². The Morgan fingerprint density at radius 2 is 2.05 bits per heavy atom. The lowest BCUT2D eigenvalue weighted by atomic mass is 10.1. The lowest BCUT2D eigenvalue weighted by Crippen LogP contribution is -2.28. The number of aromatic nitrogens is 1. The molecule has 1 amide bonds. The number of likely N-dealkylation sites (tertiary alicyclic amines) is 1. The minimum Gasteiger partial charge on any atom is -0.496 e. The molecule has 1 atom stereocenters. The highest BCUT2D eigenvalue weighted by molar-refractivity contribution is 5.74. The number of carbonyl (C=O) groups is 1. The molecule has 0 aliphatic carbocycles. The Morgan fingerprint density at radius 1 is 1.23 bits per heavy atom. The van der Waals surface area contributed by atoms with Crippen LogP contribution in [-0.4, -0.2) is 29.4 Å². The summed E-state index contributed by atoms with van der Waals surface area (Å²) < 4.78 is 5.42. The SMILES string of the molecule is COc1ccccc1-c1cccc(C2CCCN2C(C)=O)n1. The first-order valence-electron chi connectivity index (χ1n) is 7.58. The Kier molecular flexibility index (Phi) is 4.09. The standard InChI is InChI=1S/C18H20N2O2/c1-13(21)20-12-6-10-17(20)16-9-5-8-15(19-16)14-7-3-4-11-18(14)22-2/h3-5,7-9,11,17H,6,10,12H2,1-2H3. The van der Waals surface area contributed by atoms with Gasteiger partial charge in [-0.15, -0.1) is 0 Å². The van der Waals surface area contributed by atoms with E-state index in [4.69, 9.17) is 9.72 Å². The second-order valence-electron chi connectivity index (χ2n) is 5.52. The molecule has 1 aromatic heterocycles. The van der Waals surface area contributed by atoms with Gasteiger partial charge < -0.3 is 9.64 Å². The van der Waals surface area contributed by atoms with E-state index in [2.05, 4.69) is 0 Å². The molecule has 1 aliphatic rings. The van der Waals surface area contributed by atoms with E-state index in [-0.39, 0.29) is 11.9 Å². The fourth-order valence-electron chi connectivity index (χ4n) is 3.09. The number of amides is 1. The van der Waals surface area contributed by atoms with Gasteiger partial charge in [-0.3, -0.25) is 9.78 Å². The number of methoxy groups -OCH3 is 1. The zero-order valence-electron chi connectivity index (χ0n) is 13.0. The van der Waals surface area contributed by atoms with Gasteiger partial charge in [-0.1, -0.05) is 18.2 Å². The minimum atomic E-state index is 0.0900. The van der Waals surface area contributed by atoms with Crippen molar-refractivity contribution in [1.29, 1.82) is 0 Å². The molecule has 0 N–H and O–H groups in total. The van der Waals surface area contributed by atoms with Gasteiger partial charge in [0.15, 0.2) is 0 Å². The number of hydrogen-bond donors (Lipinski definition) is 0. The van der Waals surface area contributed by atoms with E-state index in [9.17, 15) is 4.79 Å². The third-order valence-electron chi connectivity index (χ3n) is 4.15. The Bertz CT molecular complexity index is 684. The van der Waals surface area contributed by atoms with Crippen LogP contribution in [0.3, 0.4) is 0 Å². The summed E-state index contributed by atoms with van der Waals surface area (Å²) in [5, 5.41) is 0.